The predicted octanol–water partition coefficient (Wildman–Crippen LogP) is 7.57. The quantitative estimate of drug-likeness (QED) is 0.124. The molecule has 1 aliphatic heterocycles. The van der Waals surface area contributed by atoms with Crippen molar-refractivity contribution >= 4 is 75.0 Å². The Morgan fingerprint density at radius 3 is 2.50 bits per heavy atom. The lowest BCUT2D eigenvalue weighted by Gasteiger charge is -2.51. The van der Waals surface area contributed by atoms with E-state index in [9.17, 15) is 32.8 Å². The number of ketones is 2. The van der Waals surface area contributed by atoms with Crippen LogP contribution in [0.1, 0.15) is 89.7 Å². The van der Waals surface area contributed by atoms with E-state index in [4.69, 9.17) is 35.1 Å². The summed E-state index contributed by atoms with van der Waals surface area (Å²) < 4.78 is 51.2. The van der Waals surface area contributed by atoms with Crippen molar-refractivity contribution in [1.82, 2.24) is 5.48 Å². The van der Waals surface area contributed by atoms with Gasteiger partial charge in [0, 0.05) is 52.9 Å². The number of hydroxylamine groups is 1. The van der Waals surface area contributed by atoms with Gasteiger partial charge in [-0.3, -0.25) is 24.0 Å². The molecular weight excluding hydrogens is 869 g/mol. The molecule has 0 radical (unpaired) electrons. The van der Waals surface area contributed by atoms with Crippen molar-refractivity contribution < 1.29 is 56.2 Å². The van der Waals surface area contributed by atoms with E-state index < -0.39 is 52.5 Å². The highest BCUT2D eigenvalue weighted by molar-refractivity contribution is 14.1. The first-order chi connectivity index (χ1) is 26.6. The molecular formula is C40H38ClF2IN2O10. The summed E-state index contributed by atoms with van der Waals surface area (Å²) in [5.41, 5.74) is 2.18. The molecule has 0 bridgehead atoms. The van der Waals surface area contributed by atoms with Gasteiger partial charge in [0.1, 0.15) is 29.8 Å². The minimum atomic E-state index is -1.16. The third-order valence-electron chi connectivity index (χ3n) is 11.4. The lowest BCUT2D eigenvalue weighted by molar-refractivity contribution is -0.149. The van der Waals surface area contributed by atoms with E-state index in [1.54, 1.807) is 18.2 Å². The van der Waals surface area contributed by atoms with Crippen molar-refractivity contribution in [3.05, 3.63) is 90.4 Å². The average molecular weight is 907 g/mol. The third-order valence-corrected chi connectivity index (χ3v) is 12.4. The smallest absolute Gasteiger partial charge is 0.342 e. The third kappa shape index (κ3) is 6.94. The van der Waals surface area contributed by atoms with Crippen molar-refractivity contribution in [2.75, 3.05) is 25.6 Å². The number of amides is 1. The molecule has 2 aromatic carbocycles. The summed E-state index contributed by atoms with van der Waals surface area (Å²) >= 11 is 8.20. The van der Waals surface area contributed by atoms with Crippen LogP contribution in [0.2, 0.25) is 5.02 Å². The number of carbonyl (C=O) groups excluding carboxylic acids is 5. The van der Waals surface area contributed by atoms with Gasteiger partial charge in [0.05, 0.1) is 40.6 Å². The molecule has 1 unspecified atom stereocenters. The summed E-state index contributed by atoms with van der Waals surface area (Å²) in [6, 6.07) is 7.13. The van der Waals surface area contributed by atoms with E-state index in [-0.39, 0.29) is 53.1 Å². The second kappa shape index (κ2) is 15.3. The first-order valence-electron chi connectivity index (χ1n) is 18.0. The molecule has 3 aromatic rings. The fraction of sp³-hybridized carbons (Fsp3) is 0.425. The van der Waals surface area contributed by atoms with Crippen molar-refractivity contribution in [3.8, 4) is 0 Å². The highest BCUT2D eigenvalue weighted by Crippen LogP contribution is 2.61. The van der Waals surface area contributed by atoms with Crippen LogP contribution in [0.3, 0.4) is 0 Å². The fourth-order valence-electron chi connectivity index (χ4n) is 8.43. The standard InChI is InChI=1S/C23H24O8.C17H14ClF2IN2O2/c1-10(24)30-13-7-22(2)12(5-6-14(22)25)16-18(13)23(3)15(9-28-4)31-21(27)11-8-29-20(17(11)23)19(16)26;18-12-7-10(21)3-6-14(12)22-16-11(4-5-13(19)15(16)20)17(24)23-25-8-9-1-2-9/h8,12-13,15H,5-7,9H2,1-4H3;3-7,9,22H,1-2,8H2,(H,23,24)/t12?,13-,15-,22+,23+;/m1./s1. The van der Waals surface area contributed by atoms with E-state index >= 15 is 0 Å². The number of Topliss-reactive ketones (excluding diaryl/α,β-unsaturated/α-hetero) is 2. The number of halogens is 4. The molecule has 2 fully saturated rings. The molecule has 5 atom stereocenters. The van der Waals surface area contributed by atoms with Crippen LogP contribution in [-0.2, 0) is 34.1 Å². The molecule has 12 nitrogen and oxygen atoms in total. The van der Waals surface area contributed by atoms with Gasteiger partial charge in [0.25, 0.3) is 5.91 Å². The number of allylic oxidation sites excluding steroid dienone is 1. The van der Waals surface area contributed by atoms with Crippen molar-refractivity contribution in [2.24, 2.45) is 17.3 Å². The van der Waals surface area contributed by atoms with Crippen molar-refractivity contribution in [1.29, 1.82) is 0 Å². The Kier molecular flexibility index (Phi) is 10.9. The zero-order valence-corrected chi connectivity index (χ0v) is 33.7. The molecule has 2 saturated carbocycles. The SMILES string of the molecule is COC[C@H]1OC(=O)c2coc3c2[C@@]1(C)C1=C(C3=O)C2CCC(=O)[C@@]2(C)C[C@H]1OC(C)=O.O=C(NOCC1CC1)c1ccc(F)c(F)c1Nc1ccc(I)cc1Cl. The molecule has 5 aliphatic rings. The largest absolute Gasteiger partial charge is 0.460 e. The minimum Gasteiger partial charge on any atom is -0.460 e. The van der Waals surface area contributed by atoms with Gasteiger partial charge in [-0.15, -0.1) is 0 Å². The van der Waals surface area contributed by atoms with Gasteiger partial charge >= 0.3 is 11.9 Å². The number of ether oxygens (including phenoxy) is 3. The Hall–Kier alpha value is -4.19. The molecule has 4 aliphatic carbocycles. The number of carbonyl (C=O) groups is 5. The van der Waals surface area contributed by atoms with Crippen LogP contribution >= 0.6 is 34.2 Å². The number of furan rings is 1. The van der Waals surface area contributed by atoms with Crippen molar-refractivity contribution in [2.45, 2.75) is 70.5 Å². The maximum atomic E-state index is 14.3. The number of nitrogens with one attached hydrogen (secondary N) is 2. The molecule has 8 rings (SSSR count). The second-order valence-electron chi connectivity index (χ2n) is 15.0. The molecule has 2 N–H and O–H groups in total. The summed E-state index contributed by atoms with van der Waals surface area (Å²) in [7, 11) is 1.50. The van der Waals surface area contributed by atoms with E-state index in [1.807, 2.05) is 13.8 Å². The molecule has 0 spiro atoms. The van der Waals surface area contributed by atoms with Gasteiger partial charge in [-0.1, -0.05) is 18.5 Å². The number of esters is 2. The minimum absolute atomic E-state index is 0.0635. The van der Waals surface area contributed by atoms with E-state index in [0.29, 0.717) is 52.8 Å². The van der Waals surface area contributed by atoms with Gasteiger partial charge < -0.3 is 23.9 Å². The molecule has 1 aromatic heterocycles. The maximum absolute atomic E-state index is 14.3. The lowest BCUT2D eigenvalue weighted by atomic mass is 9.54. The predicted molar refractivity (Wildman–Crippen MR) is 204 cm³/mol. The normalized spacial score (nSPS) is 26.0. The molecule has 16 heteroatoms. The molecule has 0 saturated heterocycles. The zero-order chi connectivity index (χ0) is 40.3. The summed E-state index contributed by atoms with van der Waals surface area (Å²) in [4.78, 5) is 68.6. The summed E-state index contributed by atoms with van der Waals surface area (Å²) in [5, 5.41) is 3.03. The second-order valence-corrected chi connectivity index (χ2v) is 16.7. The van der Waals surface area contributed by atoms with Crippen LogP contribution in [0.5, 0.6) is 0 Å². The van der Waals surface area contributed by atoms with Gasteiger partial charge in [0.15, 0.2) is 17.4 Å². The van der Waals surface area contributed by atoms with E-state index in [1.165, 1.54) is 26.4 Å². The molecule has 1 amide bonds. The van der Waals surface area contributed by atoms with Crippen LogP contribution < -0.4 is 10.8 Å². The Morgan fingerprint density at radius 1 is 1.07 bits per heavy atom. The number of hydrogen-bond acceptors (Lipinski definition) is 11. The highest BCUT2D eigenvalue weighted by atomic mass is 127. The van der Waals surface area contributed by atoms with Gasteiger partial charge in [-0.25, -0.2) is 19.1 Å². The first-order valence-corrected chi connectivity index (χ1v) is 19.5. The number of cyclic esters (lactones) is 1. The van der Waals surface area contributed by atoms with Crippen LogP contribution in [-0.4, -0.2) is 61.9 Å². The van der Waals surface area contributed by atoms with Gasteiger partial charge in [-0.2, -0.15) is 0 Å². The highest BCUT2D eigenvalue weighted by Gasteiger charge is 2.64. The zero-order valence-electron chi connectivity index (χ0n) is 30.8. The lowest BCUT2D eigenvalue weighted by Crippen LogP contribution is -2.57. The van der Waals surface area contributed by atoms with Crippen LogP contribution in [0.25, 0.3) is 0 Å². The van der Waals surface area contributed by atoms with Crippen LogP contribution in [0.4, 0.5) is 20.2 Å². The molecule has 296 valence electrons. The van der Waals surface area contributed by atoms with Crippen LogP contribution in [0, 0.1) is 32.5 Å². The summed E-state index contributed by atoms with van der Waals surface area (Å²) in [6.45, 7) is 5.52. The Balaban J connectivity index is 0.000000176. The summed E-state index contributed by atoms with van der Waals surface area (Å²) in [6.07, 6.45) is 3.04. The average Bonchev–Trinajstić information content (AvgIpc) is 3.76. The van der Waals surface area contributed by atoms with Gasteiger partial charge in [-0.05, 0) is 90.6 Å². The number of benzene rings is 2. The van der Waals surface area contributed by atoms with Crippen molar-refractivity contribution in [3.63, 3.8) is 0 Å². The Labute approximate surface area is 339 Å². The number of anilines is 2. The summed E-state index contributed by atoms with van der Waals surface area (Å²) in [5.74, 6) is -4.03. The van der Waals surface area contributed by atoms with Gasteiger partial charge in [0.2, 0.25) is 5.78 Å². The number of rotatable bonds is 9. The maximum Gasteiger partial charge on any atom is 0.342 e. The molecule has 2 heterocycles. The van der Waals surface area contributed by atoms with E-state index in [2.05, 4.69) is 33.4 Å². The number of fused-ring (bicyclic) bond motifs is 3. The topological polar surface area (TPSA) is 159 Å². The number of methoxy groups -OCH3 is 1. The van der Waals surface area contributed by atoms with Crippen LogP contribution in [0.15, 0.2) is 52.2 Å². The Morgan fingerprint density at radius 2 is 1.82 bits per heavy atom. The Bertz CT molecular complexity index is 2200. The molecule has 56 heavy (non-hydrogen) atoms. The number of hydrogen-bond donors (Lipinski definition) is 2. The van der Waals surface area contributed by atoms with E-state index in [0.717, 1.165) is 22.5 Å². The fourth-order valence-corrected chi connectivity index (χ4v) is 9.34. The monoisotopic (exact) mass is 906 g/mol. The first kappa shape index (κ1) is 40.0.